The number of hydrogen-bond acceptors (Lipinski definition) is 7. The molecule has 4 aromatic rings. The van der Waals surface area contributed by atoms with Gasteiger partial charge in [0.05, 0.1) is 11.4 Å². The van der Waals surface area contributed by atoms with E-state index in [1.54, 1.807) is 19.1 Å². The summed E-state index contributed by atoms with van der Waals surface area (Å²) in [7, 11) is -3.91. The highest BCUT2D eigenvalue weighted by Crippen LogP contribution is 2.26. The predicted octanol–water partition coefficient (Wildman–Crippen LogP) is 3.47. The molecule has 0 aliphatic heterocycles. The predicted molar refractivity (Wildman–Crippen MR) is 118 cm³/mol. The molecule has 0 spiro atoms. The lowest BCUT2D eigenvalue weighted by Crippen LogP contribution is -2.24. The number of ether oxygens (including phenoxy) is 1. The van der Waals surface area contributed by atoms with Crippen LogP contribution in [0.4, 0.5) is 13.2 Å². The molecule has 0 bridgehead atoms. The molecule has 2 N–H and O–H groups in total. The molecule has 13 heteroatoms. The Morgan fingerprint density at radius 1 is 1.09 bits per heavy atom. The maximum Gasteiger partial charge on any atom is 0.573 e. The first-order valence-electron chi connectivity index (χ1n) is 9.93. The Labute approximate surface area is 196 Å². The standard InChI is InChI=1S/C22H17F3N4O5S/c1-13-5-10-18(21(30)29(13)12-14-3-2-4-17(11-14)35(26,31)32)20-27-19(28-34-20)15-6-8-16(9-7-15)33-22(23,24)25/h2-11H,12H2,1H3,(H2,26,31,32). The maximum absolute atomic E-state index is 13.2. The first kappa shape index (κ1) is 24.2. The van der Waals surface area contributed by atoms with Crippen LogP contribution in [-0.4, -0.2) is 29.5 Å². The largest absolute Gasteiger partial charge is 0.573 e. The molecular weight excluding hydrogens is 489 g/mol. The van der Waals surface area contributed by atoms with Gasteiger partial charge in [-0.2, -0.15) is 4.98 Å². The third-order valence-electron chi connectivity index (χ3n) is 4.96. The SMILES string of the molecule is Cc1ccc(-c2nc(-c3ccc(OC(F)(F)F)cc3)no2)c(=O)n1Cc1cccc(S(N)(=O)=O)c1. The molecule has 0 atom stereocenters. The van der Waals surface area contributed by atoms with Gasteiger partial charge in [-0.15, -0.1) is 13.2 Å². The molecule has 0 fully saturated rings. The minimum absolute atomic E-state index is 0.0591. The lowest BCUT2D eigenvalue weighted by molar-refractivity contribution is -0.274. The van der Waals surface area contributed by atoms with Crippen LogP contribution >= 0.6 is 0 Å². The summed E-state index contributed by atoms with van der Waals surface area (Å²) in [6.07, 6.45) is -4.81. The molecule has 35 heavy (non-hydrogen) atoms. The lowest BCUT2D eigenvalue weighted by atomic mass is 10.2. The second-order valence-corrected chi connectivity index (χ2v) is 9.03. The zero-order valence-electron chi connectivity index (χ0n) is 18.0. The van der Waals surface area contributed by atoms with Gasteiger partial charge in [0.1, 0.15) is 11.3 Å². The normalized spacial score (nSPS) is 12.0. The second-order valence-electron chi connectivity index (χ2n) is 7.47. The van der Waals surface area contributed by atoms with Crippen molar-refractivity contribution in [1.82, 2.24) is 14.7 Å². The molecule has 0 amide bonds. The Morgan fingerprint density at radius 3 is 2.46 bits per heavy atom. The fourth-order valence-electron chi connectivity index (χ4n) is 3.29. The van der Waals surface area contributed by atoms with Crippen molar-refractivity contribution in [1.29, 1.82) is 0 Å². The summed E-state index contributed by atoms with van der Waals surface area (Å²) >= 11 is 0. The fraction of sp³-hybridized carbons (Fsp3) is 0.136. The summed E-state index contributed by atoms with van der Waals surface area (Å²) < 4.78 is 70.7. The van der Waals surface area contributed by atoms with Gasteiger partial charge in [-0.1, -0.05) is 17.3 Å². The van der Waals surface area contributed by atoms with Crippen molar-refractivity contribution in [2.75, 3.05) is 0 Å². The zero-order chi connectivity index (χ0) is 25.4. The zero-order valence-corrected chi connectivity index (χ0v) is 18.8. The molecule has 0 saturated heterocycles. The van der Waals surface area contributed by atoms with Crippen molar-refractivity contribution >= 4 is 10.0 Å². The van der Waals surface area contributed by atoms with Gasteiger partial charge in [0.2, 0.25) is 15.8 Å². The van der Waals surface area contributed by atoms with Gasteiger partial charge < -0.3 is 13.8 Å². The molecule has 0 aliphatic carbocycles. The Hall–Kier alpha value is -3.97. The molecule has 2 aromatic heterocycles. The number of hydrogen-bond donors (Lipinski definition) is 1. The second kappa shape index (κ2) is 9.00. The topological polar surface area (TPSA) is 130 Å². The Kier molecular flexibility index (Phi) is 6.21. The van der Waals surface area contributed by atoms with Crippen LogP contribution in [0.5, 0.6) is 5.75 Å². The highest BCUT2D eigenvalue weighted by Gasteiger charge is 2.31. The number of alkyl halides is 3. The number of aromatic nitrogens is 3. The van der Waals surface area contributed by atoms with Gasteiger partial charge in [-0.05, 0) is 61.0 Å². The van der Waals surface area contributed by atoms with Crippen LogP contribution in [0.2, 0.25) is 0 Å². The summed E-state index contributed by atoms with van der Waals surface area (Å²) in [6.45, 7) is 1.77. The summed E-state index contributed by atoms with van der Waals surface area (Å²) in [5, 5.41) is 8.99. The van der Waals surface area contributed by atoms with Gasteiger partial charge in [-0.3, -0.25) is 4.79 Å². The number of pyridine rings is 1. The number of primary sulfonamides is 1. The van der Waals surface area contributed by atoms with Crippen LogP contribution < -0.4 is 15.4 Å². The Morgan fingerprint density at radius 2 is 1.80 bits per heavy atom. The number of nitrogens with two attached hydrogens (primary N) is 1. The van der Waals surface area contributed by atoms with Crippen LogP contribution in [0, 0.1) is 6.92 Å². The van der Waals surface area contributed by atoms with Gasteiger partial charge in [0.25, 0.3) is 11.4 Å². The summed E-state index contributed by atoms with van der Waals surface area (Å²) in [4.78, 5) is 17.3. The van der Waals surface area contributed by atoms with Crippen molar-refractivity contribution in [3.8, 4) is 28.6 Å². The molecular formula is C22H17F3N4O5S. The summed E-state index contributed by atoms with van der Waals surface area (Å²) in [5.41, 5.74) is 1.11. The van der Waals surface area contributed by atoms with Crippen LogP contribution in [0.1, 0.15) is 11.3 Å². The van der Waals surface area contributed by atoms with Crippen molar-refractivity contribution in [3.63, 3.8) is 0 Å². The van der Waals surface area contributed by atoms with Crippen molar-refractivity contribution in [2.24, 2.45) is 5.14 Å². The molecule has 0 radical (unpaired) electrons. The molecule has 182 valence electrons. The number of nitrogens with zero attached hydrogens (tertiary/aromatic N) is 3. The smallest absolute Gasteiger partial charge is 0.406 e. The van der Waals surface area contributed by atoms with Crippen molar-refractivity contribution < 1.29 is 30.8 Å². The summed E-state index contributed by atoms with van der Waals surface area (Å²) in [5.74, 6) is -0.434. The number of benzene rings is 2. The van der Waals surface area contributed by atoms with Crippen molar-refractivity contribution in [3.05, 3.63) is 82.3 Å². The average Bonchev–Trinajstić information content (AvgIpc) is 3.26. The monoisotopic (exact) mass is 506 g/mol. The lowest BCUT2D eigenvalue weighted by Gasteiger charge is -2.11. The van der Waals surface area contributed by atoms with Gasteiger partial charge in [0, 0.05) is 11.3 Å². The third-order valence-corrected chi connectivity index (χ3v) is 5.87. The number of aryl methyl sites for hydroxylation is 1. The van der Waals surface area contributed by atoms with E-state index in [-0.39, 0.29) is 28.7 Å². The van der Waals surface area contributed by atoms with E-state index in [0.29, 0.717) is 16.8 Å². The third kappa shape index (κ3) is 5.58. The van der Waals surface area contributed by atoms with E-state index in [1.807, 2.05) is 0 Å². The molecule has 0 saturated carbocycles. The van der Waals surface area contributed by atoms with Crippen LogP contribution in [0.3, 0.4) is 0 Å². The summed E-state index contributed by atoms with van der Waals surface area (Å²) in [6, 6.07) is 13.9. The van der Waals surface area contributed by atoms with E-state index in [1.165, 1.54) is 41.0 Å². The van der Waals surface area contributed by atoms with Gasteiger partial charge in [-0.25, -0.2) is 13.6 Å². The first-order chi connectivity index (χ1) is 16.4. The van der Waals surface area contributed by atoms with E-state index in [9.17, 15) is 26.4 Å². The van der Waals surface area contributed by atoms with E-state index in [2.05, 4.69) is 14.9 Å². The number of halogens is 3. The highest BCUT2D eigenvalue weighted by molar-refractivity contribution is 7.89. The molecule has 0 aliphatic rings. The van der Waals surface area contributed by atoms with Gasteiger partial charge >= 0.3 is 6.36 Å². The Bertz CT molecular complexity index is 1540. The first-order valence-corrected chi connectivity index (χ1v) is 11.5. The van der Waals surface area contributed by atoms with E-state index < -0.39 is 27.7 Å². The van der Waals surface area contributed by atoms with E-state index >= 15 is 0 Å². The maximum atomic E-state index is 13.2. The number of rotatable bonds is 6. The Balaban J connectivity index is 1.63. The van der Waals surface area contributed by atoms with E-state index in [4.69, 9.17) is 9.66 Å². The van der Waals surface area contributed by atoms with Crippen LogP contribution in [-0.2, 0) is 16.6 Å². The highest BCUT2D eigenvalue weighted by atomic mass is 32.2. The van der Waals surface area contributed by atoms with Crippen molar-refractivity contribution in [2.45, 2.75) is 24.7 Å². The molecule has 4 rings (SSSR count). The average molecular weight is 506 g/mol. The quantitative estimate of drug-likeness (QED) is 0.424. The van der Waals surface area contributed by atoms with Crippen LogP contribution in [0.15, 0.2) is 74.9 Å². The minimum atomic E-state index is -4.81. The van der Waals surface area contributed by atoms with E-state index in [0.717, 1.165) is 12.1 Å². The number of sulfonamides is 1. The minimum Gasteiger partial charge on any atom is -0.406 e. The molecule has 9 nitrogen and oxygen atoms in total. The molecule has 2 aromatic carbocycles. The van der Waals surface area contributed by atoms with Crippen LogP contribution in [0.25, 0.3) is 22.8 Å². The van der Waals surface area contributed by atoms with Gasteiger partial charge in [0.15, 0.2) is 0 Å². The molecule has 0 unspecified atom stereocenters. The fourth-order valence-corrected chi connectivity index (χ4v) is 3.87. The molecule has 2 heterocycles.